The SMILES string of the molecule is CCOCC(N)c1noc(Cc2ccc(Cl)c(Cl)c2)n1. The normalized spacial score (nSPS) is 12.6. The van der Waals surface area contributed by atoms with E-state index in [0.29, 0.717) is 41.4 Å². The van der Waals surface area contributed by atoms with Crippen LogP contribution in [-0.4, -0.2) is 23.4 Å². The summed E-state index contributed by atoms with van der Waals surface area (Å²) in [5.41, 5.74) is 6.82. The number of halogens is 2. The first-order valence-electron chi connectivity index (χ1n) is 6.20. The Balaban J connectivity index is 2.03. The van der Waals surface area contributed by atoms with Gasteiger partial charge >= 0.3 is 0 Å². The summed E-state index contributed by atoms with van der Waals surface area (Å²) in [6.45, 7) is 2.86. The quantitative estimate of drug-likeness (QED) is 0.887. The highest BCUT2D eigenvalue weighted by atomic mass is 35.5. The van der Waals surface area contributed by atoms with Gasteiger partial charge in [0.1, 0.15) is 0 Å². The molecule has 5 nitrogen and oxygen atoms in total. The highest BCUT2D eigenvalue weighted by Gasteiger charge is 2.14. The fraction of sp³-hybridized carbons (Fsp3) is 0.385. The molecule has 108 valence electrons. The number of hydrogen-bond acceptors (Lipinski definition) is 5. The first-order valence-corrected chi connectivity index (χ1v) is 6.95. The molecule has 1 aromatic heterocycles. The third kappa shape index (κ3) is 3.93. The first kappa shape index (κ1) is 15.3. The molecule has 0 aliphatic heterocycles. The number of hydrogen-bond donors (Lipinski definition) is 1. The third-order valence-electron chi connectivity index (χ3n) is 2.66. The molecule has 20 heavy (non-hydrogen) atoms. The first-order chi connectivity index (χ1) is 9.60. The van der Waals surface area contributed by atoms with Crippen LogP contribution in [0.4, 0.5) is 0 Å². The molecular formula is C13H15Cl2N3O2. The van der Waals surface area contributed by atoms with Crippen LogP contribution in [0, 0.1) is 0 Å². The lowest BCUT2D eigenvalue weighted by molar-refractivity contribution is 0.130. The molecule has 0 saturated carbocycles. The Morgan fingerprint density at radius 2 is 2.15 bits per heavy atom. The summed E-state index contributed by atoms with van der Waals surface area (Å²) in [6.07, 6.45) is 0.477. The van der Waals surface area contributed by atoms with Gasteiger partial charge < -0.3 is 15.0 Å². The third-order valence-corrected chi connectivity index (χ3v) is 3.40. The van der Waals surface area contributed by atoms with Crippen LogP contribution in [0.25, 0.3) is 0 Å². The van der Waals surface area contributed by atoms with Crippen LogP contribution in [-0.2, 0) is 11.2 Å². The standard InChI is InChI=1S/C13H15Cl2N3O2/c1-2-19-7-11(16)13-17-12(20-18-13)6-8-3-4-9(14)10(15)5-8/h3-5,11H,2,6-7,16H2,1H3. The fourth-order valence-corrected chi connectivity index (χ4v) is 1.95. The van der Waals surface area contributed by atoms with Gasteiger partial charge in [-0.05, 0) is 24.6 Å². The number of nitrogens with two attached hydrogens (primary N) is 1. The average Bonchev–Trinajstić information content (AvgIpc) is 2.89. The molecule has 7 heteroatoms. The molecule has 2 rings (SSSR count). The van der Waals surface area contributed by atoms with E-state index in [2.05, 4.69) is 10.1 Å². The summed E-state index contributed by atoms with van der Waals surface area (Å²) in [6, 6.07) is 4.98. The Kier molecular flexibility index (Phi) is 5.37. The molecule has 1 aromatic carbocycles. The Morgan fingerprint density at radius 3 is 2.85 bits per heavy atom. The van der Waals surface area contributed by atoms with Crippen molar-refractivity contribution in [1.82, 2.24) is 10.1 Å². The van der Waals surface area contributed by atoms with E-state index in [1.807, 2.05) is 13.0 Å². The van der Waals surface area contributed by atoms with E-state index in [1.165, 1.54) is 0 Å². The van der Waals surface area contributed by atoms with Crippen LogP contribution >= 0.6 is 23.2 Å². The summed E-state index contributed by atoms with van der Waals surface area (Å²) >= 11 is 11.8. The molecule has 0 saturated heterocycles. The fourth-order valence-electron chi connectivity index (χ4n) is 1.63. The van der Waals surface area contributed by atoms with Gasteiger partial charge in [0, 0.05) is 6.61 Å². The van der Waals surface area contributed by atoms with Crippen molar-refractivity contribution in [2.24, 2.45) is 5.73 Å². The Morgan fingerprint density at radius 1 is 1.35 bits per heavy atom. The van der Waals surface area contributed by atoms with Gasteiger partial charge in [-0.2, -0.15) is 4.98 Å². The number of benzene rings is 1. The van der Waals surface area contributed by atoms with Crippen LogP contribution in [0.15, 0.2) is 22.7 Å². The molecule has 0 aliphatic rings. The van der Waals surface area contributed by atoms with Gasteiger partial charge in [0.25, 0.3) is 0 Å². The van der Waals surface area contributed by atoms with E-state index < -0.39 is 0 Å². The second kappa shape index (κ2) is 7.04. The van der Waals surface area contributed by atoms with Gasteiger partial charge in [0.2, 0.25) is 5.89 Å². The zero-order chi connectivity index (χ0) is 14.5. The predicted octanol–water partition coefficient (Wildman–Crippen LogP) is 3.00. The molecule has 1 unspecified atom stereocenters. The summed E-state index contributed by atoms with van der Waals surface area (Å²) in [5.74, 6) is 0.916. The van der Waals surface area contributed by atoms with Gasteiger partial charge in [0.15, 0.2) is 5.82 Å². The van der Waals surface area contributed by atoms with E-state index in [1.54, 1.807) is 12.1 Å². The van der Waals surface area contributed by atoms with Gasteiger partial charge in [-0.15, -0.1) is 0 Å². The van der Waals surface area contributed by atoms with E-state index in [0.717, 1.165) is 5.56 Å². The highest BCUT2D eigenvalue weighted by molar-refractivity contribution is 6.42. The topological polar surface area (TPSA) is 74.2 Å². The molecule has 1 heterocycles. The molecule has 0 aliphatic carbocycles. The smallest absolute Gasteiger partial charge is 0.231 e. The van der Waals surface area contributed by atoms with E-state index in [9.17, 15) is 0 Å². The van der Waals surface area contributed by atoms with Crippen LogP contribution < -0.4 is 5.73 Å². The van der Waals surface area contributed by atoms with Crippen LogP contribution in [0.1, 0.15) is 30.2 Å². The lowest BCUT2D eigenvalue weighted by atomic mass is 10.1. The number of rotatable bonds is 6. The molecule has 0 amide bonds. The number of ether oxygens (including phenoxy) is 1. The maximum atomic E-state index is 5.96. The van der Waals surface area contributed by atoms with Crippen molar-refractivity contribution < 1.29 is 9.26 Å². The molecule has 0 spiro atoms. The summed E-state index contributed by atoms with van der Waals surface area (Å²) in [5, 5.41) is 4.87. The minimum Gasteiger partial charge on any atom is -0.380 e. The Hall–Kier alpha value is -1.14. The van der Waals surface area contributed by atoms with Gasteiger partial charge in [-0.25, -0.2) is 0 Å². The van der Waals surface area contributed by atoms with Crippen molar-refractivity contribution in [3.05, 3.63) is 45.5 Å². The summed E-state index contributed by atoms with van der Waals surface area (Å²) < 4.78 is 10.4. The van der Waals surface area contributed by atoms with E-state index in [4.69, 9.17) is 38.2 Å². The number of aromatic nitrogens is 2. The monoisotopic (exact) mass is 315 g/mol. The highest BCUT2D eigenvalue weighted by Crippen LogP contribution is 2.23. The summed E-state index contributed by atoms with van der Waals surface area (Å²) in [7, 11) is 0. The maximum Gasteiger partial charge on any atom is 0.231 e. The second-order valence-electron chi connectivity index (χ2n) is 4.24. The summed E-state index contributed by atoms with van der Waals surface area (Å²) in [4.78, 5) is 4.25. The minimum absolute atomic E-state index is 0.363. The predicted molar refractivity (Wildman–Crippen MR) is 77.0 cm³/mol. The van der Waals surface area contributed by atoms with Crippen molar-refractivity contribution in [2.45, 2.75) is 19.4 Å². The van der Waals surface area contributed by atoms with Gasteiger partial charge in [0.05, 0.1) is 29.1 Å². The minimum atomic E-state index is -0.388. The average molecular weight is 316 g/mol. The molecule has 2 N–H and O–H groups in total. The van der Waals surface area contributed by atoms with Gasteiger partial charge in [-0.3, -0.25) is 0 Å². The van der Waals surface area contributed by atoms with E-state index >= 15 is 0 Å². The molecule has 2 aromatic rings. The lowest BCUT2D eigenvalue weighted by Gasteiger charge is -2.05. The second-order valence-corrected chi connectivity index (χ2v) is 5.05. The van der Waals surface area contributed by atoms with Crippen LogP contribution in [0.5, 0.6) is 0 Å². The zero-order valence-corrected chi connectivity index (χ0v) is 12.5. The van der Waals surface area contributed by atoms with Crippen molar-refractivity contribution in [1.29, 1.82) is 0 Å². The van der Waals surface area contributed by atoms with Crippen LogP contribution in [0.3, 0.4) is 0 Å². The van der Waals surface area contributed by atoms with Crippen molar-refractivity contribution >= 4 is 23.2 Å². The largest absolute Gasteiger partial charge is 0.380 e. The van der Waals surface area contributed by atoms with Gasteiger partial charge in [-0.1, -0.05) is 34.4 Å². The van der Waals surface area contributed by atoms with Crippen LogP contribution in [0.2, 0.25) is 10.0 Å². The molecule has 0 bridgehead atoms. The Labute approximate surface area is 127 Å². The Bertz CT molecular complexity index is 574. The van der Waals surface area contributed by atoms with Crippen molar-refractivity contribution in [3.8, 4) is 0 Å². The number of nitrogens with zero attached hydrogens (tertiary/aromatic N) is 2. The van der Waals surface area contributed by atoms with E-state index in [-0.39, 0.29) is 6.04 Å². The van der Waals surface area contributed by atoms with Crippen molar-refractivity contribution in [2.75, 3.05) is 13.2 Å². The molecular weight excluding hydrogens is 301 g/mol. The molecule has 0 fully saturated rings. The maximum absolute atomic E-state index is 5.96. The zero-order valence-electron chi connectivity index (χ0n) is 11.0. The van der Waals surface area contributed by atoms with Crippen molar-refractivity contribution in [3.63, 3.8) is 0 Å². The molecule has 0 radical (unpaired) electrons. The lowest BCUT2D eigenvalue weighted by Crippen LogP contribution is -2.18. The molecule has 1 atom stereocenters.